The molecule has 1 atom stereocenters. The van der Waals surface area contributed by atoms with Crippen molar-refractivity contribution in [3.05, 3.63) is 59.0 Å². The molecule has 2 fully saturated rings. The lowest BCUT2D eigenvalue weighted by atomic mass is 10.0. The maximum absolute atomic E-state index is 12.1. The van der Waals surface area contributed by atoms with E-state index in [-0.39, 0.29) is 18.0 Å². The van der Waals surface area contributed by atoms with Crippen LogP contribution in [0.1, 0.15) is 19.3 Å². The van der Waals surface area contributed by atoms with Crippen LogP contribution in [0.4, 0.5) is 5.69 Å². The molecule has 2 aliphatic rings. The van der Waals surface area contributed by atoms with Crippen LogP contribution in [-0.2, 0) is 14.2 Å². The third-order valence-electron chi connectivity index (χ3n) is 6.22. The average Bonchev–Trinajstić information content (AvgIpc) is 2.83. The summed E-state index contributed by atoms with van der Waals surface area (Å²) in [5.41, 5.74) is 3.10. The van der Waals surface area contributed by atoms with Gasteiger partial charge in [-0.1, -0.05) is 12.1 Å². The molecule has 0 N–H and O–H groups in total. The lowest BCUT2D eigenvalue weighted by Crippen LogP contribution is -2.52. The number of benzene rings is 2. The van der Waals surface area contributed by atoms with Crippen LogP contribution in [0.2, 0.25) is 0 Å². The number of anilines is 1. The van der Waals surface area contributed by atoms with Crippen LogP contribution in [-0.4, -0.2) is 52.4 Å². The maximum Gasteiger partial charge on any atom is 0.336 e. The Hall–Kier alpha value is -2.87. The van der Waals surface area contributed by atoms with Gasteiger partial charge in [0.2, 0.25) is 0 Å². The quantitative estimate of drug-likeness (QED) is 0.375. The third-order valence-corrected chi connectivity index (χ3v) is 6.22. The van der Waals surface area contributed by atoms with Gasteiger partial charge in [0.15, 0.2) is 6.29 Å². The van der Waals surface area contributed by atoms with Gasteiger partial charge >= 0.3 is 5.63 Å². The monoisotopic (exact) mass is 451 g/mol. The predicted molar refractivity (Wildman–Crippen MR) is 126 cm³/mol. The topological polar surface area (TPSA) is 70.4 Å². The van der Waals surface area contributed by atoms with Crippen LogP contribution in [0.3, 0.4) is 0 Å². The first-order valence-corrected chi connectivity index (χ1v) is 11.5. The van der Waals surface area contributed by atoms with Crippen molar-refractivity contribution in [2.75, 3.05) is 44.9 Å². The Morgan fingerprint density at radius 2 is 1.82 bits per heavy atom. The first-order chi connectivity index (χ1) is 16.2. The van der Waals surface area contributed by atoms with Crippen LogP contribution in [0.25, 0.3) is 22.1 Å². The Morgan fingerprint density at radius 1 is 1.00 bits per heavy atom. The van der Waals surface area contributed by atoms with Crippen molar-refractivity contribution >= 4 is 16.7 Å². The van der Waals surface area contributed by atoms with E-state index in [9.17, 15) is 4.79 Å². The lowest BCUT2D eigenvalue weighted by molar-refractivity contribution is -0.171. The first-order valence-electron chi connectivity index (χ1n) is 11.5. The van der Waals surface area contributed by atoms with E-state index in [4.69, 9.17) is 23.4 Å². The molecule has 0 amide bonds. The molecule has 33 heavy (non-hydrogen) atoms. The van der Waals surface area contributed by atoms with Gasteiger partial charge < -0.3 is 28.3 Å². The summed E-state index contributed by atoms with van der Waals surface area (Å²) < 4.78 is 27.9. The molecule has 0 saturated carbocycles. The molecule has 0 spiro atoms. The molecule has 2 saturated heterocycles. The SMILES string of the molecule is COc1ccc2oc(=O)cc(-c3ccc(N4CC(OCCOC5CCCCO5)C4)cc3)c2c1. The van der Waals surface area contributed by atoms with Crippen molar-refractivity contribution in [2.24, 2.45) is 0 Å². The highest BCUT2D eigenvalue weighted by atomic mass is 16.7. The fourth-order valence-corrected chi connectivity index (χ4v) is 4.35. The minimum Gasteiger partial charge on any atom is -0.497 e. The summed E-state index contributed by atoms with van der Waals surface area (Å²) in [7, 11) is 1.62. The molecular formula is C26H29NO6. The number of hydrogen-bond acceptors (Lipinski definition) is 7. The second kappa shape index (κ2) is 9.95. The Balaban J connectivity index is 1.17. The molecule has 174 valence electrons. The summed E-state index contributed by atoms with van der Waals surface area (Å²) in [6.45, 7) is 3.66. The highest BCUT2D eigenvalue weighted by Gasteiger charge is 2.27. The largest absolute Gasteiger partial charge is 0.497 e. The van der Waals surface area contributed by atoms with Gasteiger partial charge in [-0.05, 0) is 60.7 Å². The van der Waals surface area contributed by atoms with E-state index in [0.29, 0.717) is 18.8 Å². The number of fused-ring (bicyclic) bond motifs is 1. The van der Waals surface area contributed by atoms with Crippen molar-refractivity contribution < 1.29 is 23.4 Å². The van der Waals surface area contributed by atoms with E-state index in [0.717, 1.165) is 60.5 Å². The number of methoxy groups -OCH3 is 1. The van der Waals surface area contributed by atoms with Gasteiger partial charge in [0.1, 0.15) is 11.3 Å². The van der Waals surface area contributed by atoms with Crippen LogP contribution in [0, 0.1) is 0 Å². The number of hydrogen-bond donors (Lipinski definition) is 0. The number of nitrogens with zero attached hydrogens (tertiary/aromatic N) is 1. The van der Waals surface area contributed by atoms with Crippen molar-refractivity contribution in [3.8, 4) is 16.9 Å². The lowest BCUT2D eigenvalue weighted by Gasteiger charge is -2.40. The predicted octanol–water partition coefficient (Wildman–Crippen LogP) is 4.22. The van der Waals surface area contributed by atoms with Gasteiger partial charge in [0, 0.05) is 36.8 Å². The fraction of sp³-hybridized carbons (Fsp3) is 0.423. The maximum atomic E-state index is 12.1. The van der Waals surface area contributed by atoms with Crippen LogP contribution >= 0.6 is 0 Å². The molecule has 7 nitrogen and oxygen atoms in total. The van der Waals surface area contributed by atoms with Gasteiger partial charge in [0.05, 0.1) is 26.4 Å². The molecule has 2 aliphatic heterocycles. The summed E-state index contributed by atoms with van der Waals surface area (Å²) in [5.74, 6) is 0.720. The van der Waals surface area contributed by atoms with E-state index in [1.807, 2.05) is 18.2 Å². The highest BCUT2D eigenvalue weighted by molar-refractivity contribution is 5.94. The minimum absolute atomic E-state index is 0.0621. The number of rotatable bonds is 8. The van der Waals surface area contributed by atoms with E-state index < -0.39 is 0 Å². The standard InChI is InChI=1S/C26H29NO6/c1-29-20-9-10-24-23(14-20)22(15-25(28)33-24)18-5-7-19(8-6-18)27-16-21(17-27)30-12-13-32-26-4-2-3-11-31-26/h5-10,14-15,21,26H,2-4,11-13,16-17H2,1H3. The molecule has 7 heteroatoms. The summed E-state index contributed by atoms with van der Waals surface area (Å²) >= 11 is 0. The van der Waals surface area contributed by atoms with Crippen LogP contribution < -0.4 is 15.3 Å². The Kier molecular flexibility index (Phi) is 6.62. The number of ether oxygens (including phenoxy) is 4. The summed E-state index contributed by atoms with van der Waals surface area (Å²) in [4.78, 5) is 14.3. The normalized spacial score (nSPS) is 18.9. The van der Waals surface area contributed by atoms with Crippen molar-refractivity contribution in [3.63, 3.8) is 0 Å². The first kappa shape index (κ1) is 21.9. The van der Waals surface area contributed by atoms with Gasteiger partial charge in [0.25, 0.3) is 0 Å². The second-order valence-electron chi connectivity index (χ2n) is 8.45. The summed E-state index contributed by atoms with van der Waals surface area (Å²) in [6.07, 6.45) is 3.43. The van der Waals surface area contributed by atoms with E-state index >= 15 is 0 Å². The smallest absolute Gasteiger partial charge is 0.336 e. The summed E-state index contributed by atoms with van der Waals surface area (Å²) in [6, 6.07) is 15.2. The van der Waals surface area contributed by atoms with E-state index in [1.165, 1.54) is 12.5 Å². The van der Waals surface area contributed by atoms with Crippen molar-refractivity contribution in [1.82, 2.24) is 0 Å². The van der Waals surface area contributed by atoms with Gasteiger partial charge in [-0.15, -0.1) is 0 Å². The minimum atomic E-state index is -0.367. The molecule has 0 aliphatic carbocycles. The molecule has 2 aromatic carbocycles. The highest BCUT2D eigenvalue weighted by Crippen LogP contribution is 2.32. The molecule has 1 unspecified atom stereocenters. The zero-order valence-electron chi connectivity index (χ0n) is 18.8. The van der Waals surface area contributed by atoms with Crippen molar-refractivity contribution in [2.45, 2.75) is 31.7 Å². The molecule has 3 heterocycles. The summed E-state index contributed by atoms with van der Waals surface area (Å²) in [5, 5.41) is 0.847. The van der Waals surface area contributed by atoms with Gasteiger partial charge in [-0.2, -0.15) is 0 Å². The zero-order valence-corrected chi connectivity index (χ0v) is 18.8. The molecular weight excluding hydrogens is 422 g/mol. The molecule has 5 rings (SSSR count). The molecule has 1 aromatic heterocycles. The second-order valence-corrected chi connectivity index (χ2v) is 8.45. The average molecular weight is 452 g/mol. The fourth-order valence-electron chi connectivity index (χ4n) is 4.35. The van der Waals surface area contributed by atoms with Gasteiger partial charge in [-0.25, -0.2) is 4.79 Å². The molecule has 0 radical (unpaired) electrons. The van der Waals surface area contributed by atoms with E-state index in [2.05, 4.69) is 17.0 Å². The Morgan fingerprint density at radius 3 is 2.58 bits per heavy atom. The van der Waals surface area contributed by atoms with Crippen molar-refractivity contribution in [1.29, 1.82) is 0 Å². The van der Waals surface area contributed by atoms with E-state index in [1.54, 1.807) is 19.2 Å². The van der Waals surface area contributed by atoms with Crippen LogP contribution in [0.15, 0.2) is 57.7 Å². The Labute approximate surface area is 192 Å². The van der Waals surface area contributed by atoms with Gasteiger partial charge in [-0.3, -0.25) is 0 Å². The molecule has 0 bridgehead atoms. The van der Waals surface area contributed by atoms with Crippen LogP contribution in [0.5, 0.6) is 5.75 Å². The zero-order chi connectivity index (χ0) is 22.6. The third kappa shape index (κ3) is 5.05. The molecule has 3 aromatic rings. The Bertz CT molecular complexity index is 1130.